The molecule has 3 aromatic heterocycles. The van der Waals surface area contributed by atoms with Crippen molar-refractivity contribution in [3.05, 3.63) is 52.9 Å². The molecule has 1 saturated heterocycles. The molecule has 1 aliphatic carbocycles. The predicted molar refractivity (Wildman–Crippen MR) is 104 cm³/mol. The molecule has 11 heteroatoms. The highest BCUT2D eigenvalue weighted by Crippen LogP contribution is 2.40. The number of fused-ring (bicyclic) bond motifs is 1. The maximum Gasteiger partial charge on any atom is 0.310 e. The molecule has 1 atom stereocenters. The number of carbonyl (C=O) groups is 1. The lowest BCUT2D eigenvalue weighted by molar-refractivity contribution is 0.0667. The molecule has 1 N–H and O–H groups in total. The van der Waals surface area contributed by atoms with Crippen LogP contribution in [0.5, 0.6) is 5.88 Å². The number of hydrogen-bond donors (Lipinski definition) is 1. The fourth-order valence-corrected chi connectivity index (χ4v) is 4.26. The van der Waals surface area contributed by atoms with Crippen molar-refractivity contribution in [1.82, 2.24) is 24.9 Å². The van der Waals surface area contributed by atoms with Gasteiger partial charge in [-0.05, 0) is 11.2 Å². The van der Waals surface area contributed by atoms with Crippen LogP contribution in [0.15, 0.2) is 24.5 Å². The van der Waals surface area contributed by atoms with Crippen LogP contribution in [-0.2, 0) is 4.84 Å². The number of rotatable bonds is 0. The first-order valence-corrected chi connectivity index (χ1v) is 9.92. The van der Waals surface area contributed by atoms with Crippen molar-refractivity contribution in [2.45, 2.75) is 37.5 Å². The molecule has 4 aliphatic rings. The number of aromatic nitrogens is 4. The molecule has 0 radical (unpaired) electrons. The lowest BCUT2D eigenvalue weighted by Gasteiger charge is -2.36. The molecule has 156 valence electrons. The summed E-state index contributed by atoms with van der Waals surface area (Å²) in [5.41, 5.74) is 0.971. The number of halogens is 1. The van der Waals surface area contributed by atoms with Gasteiger partial charge in [0, 0.05) is 36.9 Å². The summed E-state index contributed by atoms with van der Waals surface area (Å²) in [4.78, 5) is 30.9. The molecule has 4 bridgehead atoms. The van der Waals surface area contributed by atoms with E-state index in [2.05, 4.69) is 25.2 Å². The minimum atomic E-state index is -0.461. The fourth-order valence-electron chi connectivity index (χ4n) is 4.26. The fraction of sp³-hybridized carbons (Fsp3) is 0.350. The van der Waals surface area contributed by atoms with Gasteiger partial charge in [0.05, 0.1) is 25.0 Å². The molecular formula is C20H16FN7O3. The van der Waals surface area contributed by atoms with Gasteiger partial charge in [-0.25, -0.2) is 19.4 Å². The summed E-state index contributed by atoms with van der Waals surface area (Å²) in [5, 5.41) is 8.68. The molecule has 3 aromatic rings. The van der Waals surface area contributed by atoms with E-state index in [1.807, 2.05) is 0 Å². The molecule has 0 unspecified atom stereocenters. The highest BCUT2D eigenvalue weighted by atomic mass is 19.1. The Morgan fingerprint density at radius 1 is 1.35 bits per heavy atom. The van der Waals surface area contributed by atoms with E-state index in [0.29, 0.717) is 43.1 Å². The quantitative estimate of drug-likeness (QED) is 0.557. The average molecular weight is 421 g/mol. The molecule has 3 aliphatic heterocycles. The minimum absolute atomic E-state index is 0.0168. The zero-order valence-corrected chi connectivity index (χ0v) is 16.2. The van der Waals surface area contributed by atoms with Crippen molar-refractivity contribution in [1.29, 1.82) is 0 Å². The normalized spacial score (nSPS) is 24.5. The van der Waals surface area contributed by atoms with E-state index in [0.717, 1.165) is 6.20 Å². The number of nitrogens with one attached hydrogen (secondary N) is 1. The Morgan fingerprint density at radius 3 is 3.06 bits per heavy atom. The number of pyridine rings is 1. The molecule has 7 rings (SSSR count). The first-order valence-electron chi connectivity index (χ1n) is 9.92. The molecule has 0 aromatic carbocycles. The van der Waals surface area contributed by atoms with Crippen molar-refractivity contribution in [3.63, 3.8) is 0 Å². The van der Waals surface area contributed by atoms with Gasteiger partial charge in [0.15, 0.2) is 11.5 Å². The first kappa shape index (κ1) is 18.0. The molecule has 1 saturated carbocycles. The summed E-state index contributed by atoms with van der Waals surface area (Å²) < 4.78 is 21.6. The van der Waals surface area contributed by atoms with E-state index < -0.39 is 11.7 Å². The Labute approximate surface area is 175 Å². The number of hydrogen-bond acceptors (Lipinski definition) is 7. The van der Waals surface area contributed by atoms with Crippen LogP contribution in [-0.4, -0.2) is 44.2 Å². The van der Waals surface area contributed by atoms with Gasteiger partial charge in [0.1, 0.15) is 17.5 Å². The van der Waals surface area contributed by atoms with Gasteiger partial charge in [-0.15, -0.1) is 4.52 Å². The van der Waals surface area contributed by atoms with Crippen molar-refractivity contribution < 1.29 is 18.8 Å². The largest absolute Gasteiger partial charge is 0.474 e. The van der Waals surface area contributed by atoms with Crippen LogP contribution in [0.3, 0.4) is 0 Å². The summed E-state index contributed by atoms with van der Waals surface area (Å²) >= 11 is 0. The lowest BCUT2D eigenvalue weighted by atomic mass is 9.89. The Kier molecular flexibility index (Phi) is 3.85. The first-order chi connectivity index (χ1) is 15.1. The van der Waals surface area contributed by atoms with Crippen LogP contribution in [0.1, 0.15) is 41.2 Å². The van der Waals surface area contributed by atoms with E-state index in [-0.39, 0.29) is 35.2 Å². The highest BCUT2D eigenvalue weighted by Gasteiger charge is 2.38. The van der Waals surface area contributed by atoms with E-state index in [1.165, 1.54) is 10.6 Å². The number of nitrogens with zero attached hydrogens (tertiary/aromatic N) is 6. The third-order valence-electron chi connectivity index (χ3n) is 5.83. The van der Waals surface area contributed by atoms with Crippen LogP contribution in [0, 0.1) is 12.4 Å². The smallest absolute Gasteiger partial charge is 0.310 e. The third kappa shape index (κ3) is 2.79. The Balaban J connectivity index is 1.55. The Morgan fingerprint density at radius 2 is 2.23 bits per heavy atom. The number of carbonyl (C=O) groups excluding carboxylic acids is 1. The SMILES string of the molecule is [C-]#[N+]c1nn2ccc3nc2c1C(=O)NC1CC(C1)Oc1ncc(F)cc1[C@@H]1CCON31. The zero-order valence-electron chi connectivity index (χ0n) is 16.2. The number of ether oxygens (including phenoxy) is 1. The molecule has 0 spiro atoms. The van der Waals surface area contributed by atoms with E-state index in [4.69, 9.17) is 16.1 Å². The zero-order chi connectivity index (χ0) is 21.1. The lowest BCUT2D eigenvalue weighted by Crippen LogP contribution is -2.49. The van der Waals surface area contributed by atoms with E-state index >= 15 is 0 Å². The second kappa shape index (κ2) is 6.61. The maximum atomic E-state index is 14.1. The summed E-state index contributed by atoms with van der Waals surface area (Å²) in [6, 6.07) is 2.61. The van der Waals surface area contributed by atoms with E-state index in [1.54, 1.807) is 17.3 Å². The Bertz CT molecular complexity index is 1260. The standard InChI is InChI=1S/C20H16FN7O3/c1-22-17-16-18-25-15(2-4-27(18)26-17)28-14(3-5-30-28)13-6-10(21)9-23-20(13)31-12-7-11(8-12)24-19(16)29/h2,4,6,9,11-12,14H,3,5,7-8H2,(H,24,29)/t11?,12?,14-/m0/s1. The monoisotopic (exact) mass is 421 g/mol. The molecule has 2 fully saturated rings. The van der Waals surface area contributed by atoms with E-state index in [9.17, 15) is 9.18 Å². The van der Waals surface area contributed by atoms with Crippen molar-refractivity contribution in [2.24, 2.45) is 0 Å². The van der Waals surface area contributed by atoms with Crippen LogP contribution in [0.2, 0.25) is 0 Å². The van der Waals surface area contributed by atoms with Crippen LogP contribution >= 0.6 is 0 Å². The summed E-state index contributed by atoms with van der Waals surface area (Å²) in [6.45, 7) is 7.82. The molecule has 31 heavy (non-hydrogen) atoms. The highest BCUT2D eigenvalue weighted by molar-refractivity contribution is 6.05. The summed E-state index contributed by atoms with van der Waals surface area (Å²) in [6.07, 6.45) is 4.36. The second-order valence-electron chi connectivity index (χ2n) is 7.76. The minimum Gasteiger partial charge on any atom is -0.474 e. The van der Waals surface area contributed by atoms with Gasteiger partial charge in [0.2, 0.25) is 11.8 Å². The van der Waals surface area contributed by atoms with Crippen molar-refractivity contribution >= 4 is 23.2 Å². The number of amides is 1. The summed E-state index contributed by atoms with van der Waals surface area (Å²) in [5.74, 6) is -0.104. The van der Waals surface area contributed by atoms with Crippen molar-refractivity contribution in [3.8, 4) is 5.88 Å². The molecular weight excluding hydrogens is 405 g/mol. The molecule has 10 nitrogen and oxygen atoms in total. The molecule has 1 amide bonds. The van der Waals surface area contributed by atoms with Crippen LogP contribution in [0.25, 0.3) is 10.5 Å². The molecule has 6 heterocycles. The van der Waals surface area contributed by atoms with Crippen LogP contribution < -0.4 is 15.1 Å². The Hall–Kier alpha value is -3.78. The third-order valence-corrected chi connectivity index (χ3v) is 5.83. The summed E-state index contributed by atoms with van der Waals surface area (Å²) in [7, 11) is 0. The van der Waals surface area contributed by atoms with Gasteiger partial charge in [-0.2, -0.15) is 0 Å². The predicted octanol–water partition coefficient (Wildman–Crippen LogP) is 2.35. The van der Waals surface area contributed by atoms with Gasteiger partial charge in [-0.1, -0.05) is 6.57 Å². The van der Waals surface area contributed by atoms with Gasteiger partial charge >= 0.3 is 5.82 Å². The van der Waals surface area contributed by atoms with Gasteiger partial charge < -0.3 is 14.9 Å². The topological polar surface area (TPSA) is 98.2 Å². The van der Waals surface area contributed by atoms with Crippen molar-refractivity contribution in [2.75, 3.05) is 11.7 Å². The van der Waals surface area contributed by atoms with Gasteiger partial charge in [-0.3, -0.25) is 9.63 Å². The maximum absolute atomic E-state index is 14.1. The average Bonchev–Trinajstić information content (AvgIpc) is 3.36. The van der Waals surface area contributed by atoms with Gasteiger partial charge in [0.25, 0.3) is 0 Å². The number of hydroxylamine groups is 1. The van der Waals surface area contributed by atoms with Crippen LogP contribution in [0.4, 0.5) is 16.0 Å². The number of anilines is 1. The second-order valence-corrected chi connectivity index (χ2v) is 7.76.